The van der Waals surface area contributed by atoms with E-state index in [9.17, 15) is 13.2 Å². The van der Waals surface area contributed by atoms with E-state index in [0.717, 1.165) is 18.7 Å². The van der Waals surface area contributed by atoms with Crippen molar-refractivity contribution in [3.05, 3.63) is 0 Å². The topological polar surface area (TPSA) is 74.7 Å². The Balaban J connectivity index is 2.47. The van der Waals surface area contributed by atoms with Gasteiger partial charge in [0.1, 0.15) is 5.37 Å². The molecular weight excluding hydrogens is 274 g/mol. The van der Waals surface area contributed by atoms with Crippen LogP contribution in [-0.4, -0.2) is 60.1 Å². The molecule has 0 aromatic carbocycles. The Morgan fingerprint density at radius 1 is 1.44 bits per heavy atom. The summed E-state index contributed by atoms with van der Waals surface area (Å²) in [6.07, 6.45) is 1.51. The molecule has 1 heterocycles. The molecule has 0 aromatic rings. The quantitative estimate of drug-likeness (QED) is 0.708. The van der Waals surface area contributed by atoms with Crippen molar-refractivity contribution in [2.24, 2.45) is 0 Å². The van der Waals surface area contributed by atoms with E-state index in [1.807, 2.05) is 4.90 Å². The molecule has 0 amide bonds. The van der Waals surface area contributed by atoms with Gasteiger partial charge in [-0.15, -0.1) is 0 Å². The number of hydrogen-bond acceptors (Lipinski definition) is 5. The molecule has 1 atom stereocenters. The highest BCUT2D eigenvalue weighted by atomic mass is 32.2. The highest BCUT2D eigenvalue weighted by Gasteiger charge is 2.32. The molecule has 0 aliphatic carbocycles. The van der Waals surface area contributed by atoms with Crippen molar-refractivity contribution in [1.29, 1.82) is 0 Å². The first-order chi connectivity index (χ1) is 8.47. The number of carbonyl (C=O) groups is 1. The van der Waals surface area contributed by atoms with Crippen LogP contribution in [0.2, 0.25) is 0 Å². The maximum absolute atomic E-state index is 12.0. The SMILES string of the molecule is CCS(=O)(=O)C1CSCCN1CCCCC(=O)O. The van der Waals surface area contributed by atoms with Crippen LogP contribution in [0.5, 0.6) is 0 Å². The van der Waals surface area contributed by atoms with Gasteiger partial charge in [0.15, 0.2) is 9.84 Å². The molecule has 1 aliphatic rings. The van der Waals surface area contributed by atoms with E-state index >= 15 is 0 Å². The number of unbranched alkanes of at least 4 members (excludes halogenated alkanes) is 1. The predicted molar refractivity (Wildman–Crippen MR) is 73.6 cm³/mol. The van der Waals surface area contributed by atoms with E-state index < -0.39 is 15.8 Å². The Hall–Kier alpha value is -0.270. The summed E-state index contributed by atoms with van der Waals surface area (Å²) < 4.78 is 23.9. The normalized spacial score (nSPS) is 21.9. The van der Waals surface area contributed by atoms with Gasteiger partial charge in [-0.2, -0.15) is 11.8 Å². The van der Waals surface area contributed by atoms with Crippen LogP contribution in [0.25, 0.3) is 0 Å². The number of thioether (sulfide) groups is 1. The van der Waals surface area contributed by atoms with Gasteiger partial charge in [0.25, 0.3) is 0 Å². The maximum Gasteiger partial charge on any atom is 0.303 e. The number of carboxylic acids is 1. The molecule has 1 aliphatic heterocycles. The lowest BCUT2D eigenvalue weighted by atomic mass is 10.2. The molecule has 1 unspecified atom stereocenters. The Bertz CT molecular complexity index is 369. The van der Waals surface area contributed by atoms with Crippen LogP contribution >= 0.6 is 11.8 Å². The summed E-state index contributed by atoms with van der Waals surface area (Å²) in [6, 6.07) is 0. The fourth-order valence-corrected chi connectivity index (χ4v) is 5.10. The zero-order chi connectivity index (χ0) is 13.6. The first-order valence-corrected chi connectivity index (χ1v) is 9.09. The van der Waals surface area contributed by atoms with Crippen molar-refractivity contribution >= 4 is 27.6 Å². The molecule has 18 heavy (non-hydrogen) atoms. The summed E-state index contributed by atoms with van der Waals surface area (Å²) >= 11 is 1.68. The third kappa shape index (κ3) is 4.78. The lowest BCUT2D eigenvalue weighted by molar-refractivity contribution is -0.137. The van der Waals surface area contributed by atoms with Crippen LogP contribution in [-0.2, 0) is 14.6 Å². The molecule has 7 heteroatoms. The molecule has 0 aromatic heterocycles. The molecule has 1 fully saturated rings. The summed E-state index contributed by atoms with van der Waals surface area (Å²) in [4.78, 5) is 12.4. The lowest BCUT2D eigenvalue weighted by Gasteiger charge is -2.34. The van der Waals surface area contributed by atoms with Crippen LogP contribution in [0.1, 0.15) is 26.2 Å². The summed E-state index contributed by atoms with van der Waals surface area (Å²) in [6.45, 7) is 3.14. The second kappa shape index (κ2) is 7.35. The van der Waals surface area contributed by atoms with Crippen LogP contribution < -0.4 is 0 Å². The maximum atomic E-state index is 12.0. The van der Waals surface area contributed by atoms with Crippen molar-refractivity contribution in [2.45, 2.75) is 31.6 Å². The van der Waals surface area contributed by atoms with E-state index in [2.05, 4.69) is 0 Å². The van der Waals surface area contributed by atoms with Crippen molar-refractivity contribution < 1.29 is 18.3 Å². The molecule has 0 radical (unpaired) electrons. The number of aliphatic carboxylic acids is 1. The fourth-order valence-electron chi connectivity index (χ4n) is 1.99. The van der Waals surface area contributed by atoms with Gasteiger partial charge in [-0.25, -0.2) is 8.42 Å². The fraction of sp³-hybridized carbons (Fsp3) is 0.909. The van der Waals surface area contributed by atoms with Gasteiger partial charge in [-0.05, 0) is 19.4 Å². The van der Waals surface area contributed by atoms with Crippen molar-refractivity contribution in [3.63, 3.8) is 0 Å². The molecule has 1 saturated heterocycles. The predicted octanol–water partition coefficient (Wildman–Crippen LogP) is 1.05. The van der Waals surface area contributed by atoms with Gasteiger partial charge in [0.05, 0.1) is 0 Å². The minimum atomic E-state index is -3.04. The first kappa shape index (κ1) is 15.8. The van der Waals surface area contributed by atoms with Crippen LogP contribution in [0, 0.1) is 0 Å². The van der Waals surface area contributed by atoms with Gasteiger partial charge in [-0.3, -0.25) is 9.69 Å². The molecule has 1 rings (SSSR count). The zero-order valence-electron chi connectivity index (χ0n) is 10.7. The van der Waals surface area contributed by atoms with E-state index in [4.69, 9.17) is 5.11 Å². The molecule has 0 saturated carbocycles. The smallest absolute Gasteiger partial charge is 0.303 e. The number of carboxylic acid groups (broad SMARTS) is 1. The number of sulfone groups is 1. The van der Waals surface area contributed by atoms with Gasteiger partial charge in [-0.1, -0.05) is 6.92 Å². The summed E-state index contributed by atoms with van der Waals surface area (Å²) in [5, 5.41) is 8.17. The third-order valence-electron chi connectivity index (χ3n) is 3.09. The second-order valence-corrected chi connectivity index (χ2v) is 7.96. The molecule has 106 valence electrons. The van der Waals surface area contributed by atoms with E-state index in [0.29, 0.717) is 18.7 Å². The van der Waals surface area contributed by atoms with Crippen LogP contribution in [0.15, 0.2) is 0 Å². The lowest BCUT2D eigenvalue weighted by Crippen LogP contribution is -2.48. The van der Waals surface area contributed by atoms with Crippen molar-refractivity contribution in [2.75, 3.05) is 30.3 Å². The second-order valence-electron chi connectivity index (χ2n) is 4.37. The summed E-state index contributed by atoms with van der Waals surface area (Å²) in [7, 11) is -3.04. The summed E-state index contributed by atoms with van der Waals surface area (Å²) in [5.41, 5.74) is 0. The molecule has 5 nitrogen and oxygen atoms in total. The van der Waals surface area contributed by atoms with E-state index in [1.54, 1.807) is 18.7 Å². The first-order valence-electron chi connectivity index (χ1n) is 6.22. The minimum absolute atomic E-state index is 0.161. The Labute approximate surface area is 113 Å². The van der Waals surface area contributed by atoms with E-state index in [-0.39, 0.29) is 17.5 Å². The Morgan fingerprint density at radius 3 is 2.78 bits per heavy atom. The average Bonchev–Trinajstić information content (AvgIpc) is 2.35. The average molecular weight is 295 g/mol. The van der Waals surface area contributed by atoms with Crippen molar-refractivity contribution in [1.82, 2.24) is 4.90 Å². The van der Waals surface area contributed by atoms with Gasteiger partial charge >= 0.3 is 5.97 Å². The van der Waals surface area contributed by atoms with Gasteiger partial charge < -0.3 is 5.11 Å². The number of hydrogen-bond donors (Lipinski definition) is 1. The molecule has 0 spiro atoms. The largest absolute Gasteiger partial charge is 0.481 e. The zero-order valence-corrected chi connectivity index (χ0v) is 12.3. The molecule has 1 N–H and O–H groups in total. The minimum Gasteiger partial charge on any atom is -0.481 e. The standard InChI is InChI=1S/C11H21NO4S2/c1-2-18(15,16)10-9-17-8-7-12(10)6-4-3-5-11(13)14/h10H,2-9H2,1H3,(H,13,14). The third-order valence-corrected chi connectivity index (χ3v) is 6.43. The van der Waals surface area contributed by atoms with Crippen LogP contribution in [0.4, 0.5) is 0 Å². The number of rotatable bonds is 7. The monoisotopic (exact) mass is 295 g/mol. The summed E-state index contributed by atoms with van der Waals surface area (Å²) in [5.74, 6) is 0.968. The highest BCUT2D eigenvalue weighted by Crippen LogP contribution is 2.21. The highest BCUT2D eigenvalue weighted by molar-refractivity contribution is 8.01. The van der Waals surface area contributed by atoms with Gasteiger partial charge in [0.2, 0.25) is 0 Å². The van der Waals surface area contributed by atoms with Gasteiger partial charge in [0, 0.05) is 30.2 Å². The Morgan fingerprint density at radius 2 is 2.17 bits per heavy atom. The Kier molecular flexibility index (Phi) is 6.45. The van der Waals surface area contributed by atoms with Crippen molar-refractivity contribution in [3.8, 4) is 0 Å². The number of nitrogens with zero attached hydrogens (tertiary/aromatic N) is 1. The van der Waals surface area contributed by atoms with Crippen LogP contribution in [0.3, 0.4) is 0 Å². The molecule has 0 bridgehead atoms. The molecular formula is C11H21NO4S2. The van der Waals surface area contributed by atoms with E-state index in [1.165, 1.54) is 0 Å².